The van der Waals surface area contributed by atoms with Gasteiger partial charge < -0.3 is 9.72 Å². The fraction of sp³-hybridized carbons (Fsp3) is 0.176. The van der Waals surface area contributed by atoms with Crippen LogP contribution in [0.15, 0.2) is 58.2 Å². The second-order valence-electron chi connectivity index (χ2n) is 4.80. The number of rotatable bonds is 5. The highest BCUT2D eigenvalue weighted by atomic mass is 32.2. The number of H-pyrrole nitrogens is 1. The van der Waals surface area contributed by atoms with Crippen LogP contribution < -0.4 is 10.3 Å². The Bertz CT molecular complexity index is 828. The third-order valence-corrected chi connectivity index (χ3v) is 4.34. The summed E-state index contributed by atoms with van der Waals surface area (Å²) in [6.45, 7) is 0. The van der Waals surface area contributed by atoms with E-state index in [4.69, 9.17) is 4.74 Å². The Balaban J connectivity index is 1.67. The van der Waals surface area contributed by atoms with E-state index in [1.54, 1.807) is 24.9 Å². The molecule has 0 aliphatic heterocycles. The zero-order chi connectivity index (χ0) is 15.4. The molecule has 0 amide bonds. The number of para-hydroxylation sites is 1. The molecule has 0 aliphatic carbocycles. The van der Waals surface area contributed by atoms with E-state index in [0.717, 1.165) is 29.3 Å². The Morgan fingerprint density at radius 2 is 1.91 bits per heavy atom. The predicted octanol–water partition coefficient (Wildman–Crippen LogP) is 3.27. The number of benzene rings is 2. The maximum Gasteiger partial charge on any atom is 0.258 e. The van der Waals surface area contributed by atoms with E-state index in [2.05, 4.69) is 9.97 Å². The first-order valence-electron chi connectivity index (χ1n) is 7.01. The van der Waals surface area contributed by atoms with Crippen LogP contribution in [0, 0.1) is 0 Å². The van der Waals surface area contributed by atoms with Crippen molar-refractivity contribution in [1.82, 2.24) is 9.97 Å². The van der Waals surface area contributed by atoms with E-state index in [1.807, 2.05) is 42.5 Å². The molecule has 0 atom stereocenters. The standard InChI is InChI=1S/C17H16N2O2S/c1-21-12-6-8-13(9-7-12)22-11-10-16-18-15-5-3-2-4-14(15)17(20)19-16/h2-9H,10-11H2,1H3,(H,18,19,20). The number of nitrogens with zero attached hydrogens (tertiary/aromatic N) is 1. The third-order valence-electron chi connectivity index (χ3n) is 3.33. The van der Waals surface area contributed by atoms with Gasteiger partial charge in [0.1, 0.15) is 11.6 Å². The number of methoxy groups -OCH3 is 1. The number of hydrogen-bond acceptors (Lipinski definition) is 4. The van der Waals surface area contributed by atoms with Crippen molar-refractivity contribution in [2.45, 2.75) is 11.3 Å². The van der Waals surface area contributed by atoms with Crippen molar-refractivity contribution in [2.24, 2.45) is 0 Å². The summed E-state index contributed by atoms with van der Waals surface area (Å²) < 4.78 is 5.14. The molecule has 0 radical (unpaired) electrons. The van der Waals surface area contributed by atoms with E-state index < -0.39 is 0 Å². The minimum absolute atomic E-state index is 0.0740. The van der Waals surface area contributed by atoms with Crippen LogP contribution in [-0.4, -0.2) is 22.8 Å². The molecular weight excluding hydrogens is 296 g/mol. The first-order valence-corrected chi connectivity index (χ1v) is 7.99. The van der Waals surface area contributed by atoms with Crippen molar-refractivity contribution in [3.63, 3.8) is 0 Å². The number of nitrogens with one attached hydrogen (secondary N) is 1. The highest BCUT2D eigenvalue weighted by Crippen LogP contribution is 2.21. The summed E-state index contributed by atoms with van der Waals surface area (Å²) in [5.41, 5.74) is 0.672. The van der Waals surface area contributed by atoms with Crippen LogP contribution in [0.5, 0.6) is 5.75 Å². The molecule has 2 aromatic carbocycles. The monoisotopic (exact) mass is 312 g/mol. The van der Waals surface area contributed by atoms with Gasteiger partial charge in [-0.15, -0.1) is 11.8 Å². The van der Waals surface area contributed by atoms with Crippen LogP contribution in [-0.2, 0) is 6.42 Å². The molecule has 4 nitrogen and oxygen atoms in total. The Hall–Kier alpha value is -2.27. The summed E-state index contributed by atoms with van der Waals surface area (Å²) in [4.78, 5) is 20.5. The molecule has 0 bridgehead atoms. The number of aromatic amines is 1. The lowest BCUT2D eigenvalue weighted by molar-refractivity contribution is 0.414. The topological polar surface area (TPSA) is 55.0 Å². The quantitative estimate of drug-likeness (QED) is 0.735. The summed E-state index contributed by atoms with van der Waals surface area (Å²) in [6, 6.07) is 15.3. The first kappa shape index (κ1) is 14.7. The van der Waals surface area contributed by atoms with Gasteiger partial charge in [-0.1, -0.05) is 12.1 Å². The van der Waals surface area contributed by atoms with E-state index in [0.29, 0.717) is 5.39 Å². The third kappa shape index (κ3) is 3.31. The van der Waals surface area contributed by atoms with Gasteiger partial charge in [0.15, 0.2) is 0 Å². The molecule has 1 aromatic heterocycles. The molecule has 112 valence electrons. The fourth-order valence-corrected chi connectivity index (χ4v) is 3.05. The number of fused-ring (bicyclic) bond motifs is 1. The largest absolute Gasteiger partial charge is 0.497 e. The van der Waals surface area contributed by atoms with Crippen molar-refractivity contribution in [1.29, 1.82) is 0 Å². The Kier molecular flexibility index (Phi) is 4.44. The minimum Gasteiger partial charge on any atom is -0.497 e. The Morgan fingerprint density at radius 3 is 2.68 bits per heavy atom. The number of ether oxygens (including phenoxy) is 1. The molecule has 1 heterocycles. The van der Waals surface area contributed by atoms with Gasteiger partial charge in [0.2, 0.25) is 0 Å². The van der Waals surface area contributed by atoms with Crippen molar-refractivity contribution < 1.29 is 4.74 Å². The predicted molar refractivity (Wildman–Crippen MR) is 89.8 cm³/mol. The van der Waals surface area contributed by atoms with E-state index in [1.165, 1.54) is 4.90 Å². The summed E-state index contributed by atoms with van der Waals surface area (Å²) >= 11 is 1.73. The van der Waals surface area contributed by atoms with Crippen LogP contribution >= 0.6 is 11.8 Å². The molecular formula is C17H16N2O2S. The van der Waals surface area contributed by atoms with Gasteiger partial charge in [-0.2, -0.15) is 0 Å². The summed E-state index contributed by atoms with van der Waals surface area (Å²) in [7, 11) is 1.66. The molecule has 0 aliphatic rings. The second-order valence-corrected chi connectivity index (χ2v) is 5.97. The van der Waals surface area contributed by atoms with Gasteiger partial charge in [0, 0.05) is 17.1 Å². The number of aromatic nitrogens is 2. The van der Waals surface area contributed by atoms with E-state index in [9.17, 15) is 4.79 Å². The summed E-state index contributed by atoms with van der Waals surface area (Å²) in [5.74, 6) is 2.43. The van der Waals surface area contributed by atoms with Crippen molar-refractivity contribution in [3.05, 3.63) is 64.7 Å². The van der Waals surface area contributed by atoms with Crippen molar-refractivity contribution in [3.8, 4) is 5.75 Å². The average Bonchev–Trinajstić information content (AvgIpc) is 2.56. The highest BCUT2D eigenvalue weighted by molar-refractivity contribution is 7.99. The van der Waals surface area contributed by atoms with Crippen LogP contribution in [0.2, 0.25) is 0 Å². The summed E-state index contributed by atoms with van der Waals surface area (Å²) in [6.07, 6.45) is 0.719. The molecule has 3 rings (SSSR count). The molecule has 0 fully saturated rings. The lowest BCUT2D eigenvalue weighted by atomic mass is 10.2. The van der Waals surface area contributed by atoms with Gasteiger partial charge in [-0.05, 0) is 36.4 Å². The molecule has 0 saturated heterocycles. The van der Waals surface area contributed by atoms with Crippen LogP contribution in [0.4, 0.5) is 0 Å². The second kappa shape index (κ2) is 6.66. The van der Waals surface area contributed by atoms with Gasteiger partial charge in [0.25, 0.3) is 5.56 Å². The van der Waals surface area contributed by atoms with Crippen molar-refractivity contribution >= 4 is 22.7 Å². The van der Waals surface area contributed by atoms with Gasteiger partial charge in [-0.3, -0.25) is 4.79 Å². The maximum atomic E-state index is 12.0. The minimum atomic E-state index is -0.0740. The lowest BCUT2D eigenvalue weighted by Crippen LogP contribution is -2.12. The van der Waals surface area contributed by atoms with Crippen LogP contribution in [0.25, 0.3) is 10.9 Å². The molecule has 1 N–H and O–H groups in total. The zero-order valence-electron chi connectivity index (χ0n) is 12.2. The summed E-state index contributed by atoms with van der Waals surface area (Å²) in [5, 5.41) is 0.633. The van der Waals surface area contributed by atoms with Gasteiger partial charge in [0.05, 0.1) is 18.0 Å². The first-order chi connectivity index (χ1) is 10.8. The Morgan fingerprint density at radius 1 is 1.14 bits per heavy atom. The number of hydrogen-bond donors (Lipinski definition) is 1. The highest BCUT2D eigenvalue weighted by Gasteiger charge is 2.03. The normalized spacial score (nSPS) is 10.8. The number of thioether (sulfide) groups is 1. The molecule has 5 heteroatoms. The smallest absolute Gasteiger partial charge is 0.258 e. The number of aryl methyl sites for hydroxylation is 1. The van der Waals surface area contributed by atoms with E-state index >= 15 is 0 Å². The average molecular weight is 312 g/mol. The van der Waals surface area contributed by atoms with Gasteiger partial charge >= 0.3 is 0 Å². The molecule has 0 unspecified atom stereocenters. The lowest BCUT2D eigenvalue weighted by Gasteiger charge is -2.04. The van der Waals surface area contributed by atoms with Gasteiger partial charge in [-0.25, -0.2) is 4.98 Å². The maximum absolute atomic E-state index is 12.0. The van der Waals surface area contributed by atoms with E-state index in [-0.39, 0.29) is 5.56 Å². The van der Waals surface area contributed by atoms with Crippen molar-refractivity contribution in [2.75, 3.05) is 12.9 Å². The molecule has 3 aromatic rings. The SMILES string of the molecule is COc1ccc(SCCc2nc3ccccc3c(=O)[nH]2)cc1. The molecule has 0 spiro atoms. The Labute approximate surface area is 132 Å². The molecule has 0 saturated carbocycles. The van der Waals surface area contributed by atoms with Crippen LogP contribution in [0.3, 0.4) is 0 Å². The van der Waals surface area contributed by atoms with Crippen LogP contribution in [0.1, 0.15) is 5.82 Å². The fourth-order valence-electron chi connectivity index (χ4n) is 2.19. The zero-order valence-corrected chi connectivity index (χ0v) is 13.0. The molecule has 22 heavy (non-hydrogen) atoms.